The molecule has 0 bridgehead atoms. The third kappa shape index (κ3) is 5.21. The highest BCUT2D eigenvalue weighted by Crippen LogP contribution is 2.20. The van der Waals surface area contributed by atoms with Crippen molar-refractivity contribution in [3.05, 3.63) is 83.1 Å². The molecule has 0 saturated carbocycles. The van der Waals surface area contributed by atoms with Gasteiger partial charge in [0.25, 0.3) is 5.91 Å². The van der Waals surface area contributed by atoms with Gasteiger partial charge in [-0.25, -0.2) is 4.98 Å². The summed E-state index contributed by atoms with van der Waals surface area (Å²) in [6, 6.07) is 18.7. The Hall–Kier alpha value is -3.05. The second kappa shape index (κ2) is 9.05. The molecule has 0 aliphatic carbocycles. The molecule has 0 atom stereocenters. The minimum absolute atomic E-state index is 0.209. The van der Waals surface area contributed by atoms with Crippen LogP contribution in [0.4, 0.5) is 11.4 Å². The lowest BCUT2D eigenvalue weighted by molar-refractivity contribution is 0.0949. The van der Waals surface area contributed by atoms with Gasteiger partial charge >= 0.3 is 0 Å². The third-order valence-electron chi connectivity index (χ3n) is 3.98. The van der Waals surface area contributed by atoms with Crippen molar-refractivity contribution in [1.82, 2.24) is 10.3 Å². The Morgan fingerprint density at radius 3 is 2.67 bits per heavy atom. The maximum absolute atomic E-state index is 12.3. The van der Waals surface area contributed by atoms with E-state index in [0.29, 0.717) is 23.7 Å². The van der Waals surface area contributed by atoms with E-state index in [9.17, 15) is 4.79 Å². The van der Waals surface area contributed by atoms with E-state index < -0.39 is 0 Å². The molecule has 0 fully saturated rings. The van der Waals surface area contributed by atoms with Gasteiger partial charge in [-0.15, -0.1) is 0 Å². The summed E-state index contributed by atoms with van der Waals surface area (Å²) in [5.74, 6) is 0.612. The normalized spacial score (nSPS) is 10.3. The van der Waals surface area contributed by atoms with Gasteiger partial charge in [0.05, 0.1) is 19.0 Å². The predicted octanol–water partition coefficient (Wildman–Crippen LogP) is 4.46. The van der Waals surface area contributed by atoms with Crippen LogP contribution in [0.15, 0.2) is 66.9 Å². The third-order valence-corrected chi connectivity index (χ3v) is 4.22. The topological polar surface area (TPSA) is 63.2 Å². The number of methoxy groups -OCH3 is 1. The molecule has 0 aliphatic heterocycles. The van der Waals surface area contributed by atoms with Crippen LogP contribution in [0.25, 0.3) is 0 Å². The van der Waals surface area contributed by atoms with Gasteiger partial charge in [-0.05, 0) is 48.4 Å². The SMILES string of the molecule is COc1ccccc1CCNC(=O)c1ccc(Nc2cccc(Cl)c2)cn1. The van der Waals surface area contributed by atoms with Crippen LogP contribution in [-0.4, -0.2) is 24.5 Å². The number of anilines is 2. The van der Waals surface area contributed by atoms with Crippen LogP contribution in [0.1, 0.15) is 16.1 Å². The Morgan fingerprint density at radius 1 is 1.07 bits per heavy atom. The first-order valence-electron chi connectivity index (χ1n) is 8.54. The van der Waals surface area contributed by atoms with E-state index in [2.05, 4.69) is 15.6 Å². The summed E-state index contributed by atoms with van der Waals surface area (Å²) < 4.78 is 5.32. The van der Waals surface area contributed by atoms with E-state index in [1.165, 1.54) is 0 Å². The number of amides is 1. The molecule has 2 N–H and O–H groups in total. The van der Waals surface area contributed by atoms with Gasteiger partial charge < -0.3 is 15.4 Å². The molecule has 3 rings (SSSR count). The largest absolute Gasteiger partial charge is 0.496 e. The van der Waals surface area contributed by atoms with Gasteiger partial charge in [-0.2, -0.15) is 0 Å². The molecule has 2 aromatic carbocycles. The molecular weight excluding hydrogens is 362 g/mol. The van der Waals surface area contributed by atoms with Crippen molar-refractivity contribution in [3.63, 3.8) is 0 Å². The Kier molecular flexibility index (Phi) is 6.28. The molecule has 0 spiro atoms. The number of rotatable bonds is 7. The molecule has 0 radical (unpaired) electrons. The molecule has 1 amide bonds. The zero-order valence-corrected chi connectivity index (χ0v) is 15.7. The maximum atomic E-state index is 12.3. The van der Waals surface area contributed by atoms with Crippen LogP contribution in [0.5, 0.6) is 5.75 Å². The highest BCUT2D eigenvalue weighted by molar-refractivity contribution is 6.30. The molecule has 6 heteroatoms. The number of hydrogen-bond donors (Lipinski definition) is 2. The second-order valence-electron chi connectivity index (χ2n) is 5.89. The summed E-state index contributed by atoms with van der Waals surface area (Å²) in [4.78, 5) is 16.5. The number of nitrogens with one attached hydrogen (secondary N) is 2. The first kappa shape index (κ1) is 18.7. The predicted molar refractivity (Wildman–Crippen MR) is 108 cm³/mol. The molecule has 138 valence electrons. The van der Waals surface area contributed by atoms with Crippen molar-refractivity contribution < 1.29 is 9.53 Å². The summed E-state index contributed by atoms with van der Waals surface area (Å²) in [7, 11) is 1.64. The fraction of sp³-hybridized carbons (Fsp3) is 0.143. The van der Waals surface area contributed by atoms with Crippen LogP contribution in [0.2, 0.25) is 5.02 Å². The molecule has 0 unspecified atom stereocenters. The molecule has 3 aromatic rings. The number of nitrogens with zero attached hydrogens (tertiary/aromatic N) is 1. The lowest BCUT2D eigenvalue weighted by Crippen LogP contribution is -2.26. The van der Waals surface area contributed by atoms with Gasteiger partial charge in [0.1, 0.15) is 11.4 Å². The standard InChI is InChI=1S/C21H20ClN3O2/c1-27-20-8-3-2-5-15(20)11-12-23-21(26)19-10-9-18(14-24-19)25-17-7-4-6-16(22)13-17/h2-10,13-14,25H,11-12H2,1H3,(H,23,26). The molecule has 1 heterocycles. The van der Waals surface area contributed by atoms with Crippen molar-refractivity contribution in [2.24, 2.45) is 0 Å². The number of para-hydroxylation sites is 1. The van der Waals surface area contributed by atoms with Gasteiger partial charge in [-0.3, -0.25) is 4.79 Å². The van der Waals surface area contributed by atoms with Crippen molar-refractivity contribution in [2.75, 3.05) is 19.0 Å². The zero-order valence-electron chi connectivity index (χ0n) is 14.9. The smallest absolute Gasteiger partial charge is 0.269 e. The van der Waals surface area contributed by atoms with Gasteiger partial charge in [0.15, 0.2) is 0 Å². The number of aromatic nitrogens is 1. The Labute approximate surface area is 163 Å². The number of hydrogen-bond acceptors (Lipinski definition) is 4. The summed E-state index contributed by atoms with van der Waals surface area (Å²) in [5, 5.41) is 6.73. The fourth-order valence-corrected chi connectivity index (χ4v) is 2.84. The van der Waals surface area contributed by atoms with Crippen molar-refractivity contribution >= 4 is 28.9 Å². The molecule has 0 aliphatic rings. The van der Waals surface area contributed by atoms with Crippen LogP contribution in [-0.2, 0) is 6.42 Å². The first-order chi connectivity index (χ1) is 13.2. The van der Waals surface area contributed by atoms with Crippen LogP contribution >= 0.6 is 11.6 Å². The molecule has 1 aromatic heterocycles. The van der Waals surface area contributed by atoms with Gasteiger partial charge in [-0.1, -0.05) is 35.9 Å². The Morgan fingerprint density at radius 2 is 1.93 bits per heavy atom. The van der Waals surface area contributed by atoms with Crippen molar-refractivity contribution in [3.8, 4) is 5.75 Å². The van der Waals surface area contributed by atoms with Gasteiger partial charge in [0, 0.05) is 17.3 Å². The van der Waals surface area contributed by atoms with E-state index in [1.807, 2.05) is 54.6 Å². The monoisotopic (exact) mass is 381 g/mol. The average Bonchev–Trinajstić information content (AvgIpc) is 2.69. The number of ether oxygens (including phenoxy) is 1. The van der Waals surface area contributed by atoms with Crippen molar-refractivity contribution in [2.45, 2.75) is 6.42 Å². The van der Waals surface area contributed by atoms with Crippen molar-refractivity contribution in [1.29, 1.82) is 0 Å². The molecular formula is C21H20ClN3O2. The number of carbonyl (C=O) groups is 1. The quantitative estimate of drug-likeness (QED) is 0.634. The zero-order chi connectivity index (χ0) is 19.1. The molecule has 0 saturated heterocycles. The van der Waals surface area contributed by atoms with Crippen LogP contribution < -0.4 is 15.4 Å². The van der Waals surface area contributed by atoms with Gasteiger partial charge in [0.2, 0.25) is 0 Å². The first-order valence-corrected chi connectivity index (χ1v) is 8.92. The van der Waals surface area contributed by atoms with Crippen LogP contribution in [0, 0.1) is 0 Å². The summed E-state index contributed by atoms with van der Waals surface area (Å²) >= 11 is 5.97. The number of halogens is 1. The van der Waals surface area contributed by atoms with E-state index in [-0.39, 0.29) is 5.91 Å². The average molecular weight is 382 g/mol. The fourth-order valence-electron chi connectivity index (χ4n) is 2.65. The summed E-state index contributed by atoms with van der Waals surface area (Å²) in [6.07, 6.45) is 2.31. The Bertz CT molecular complexity index is 913. The van der Waals surface area contributed by atoms with Crippen LogP contribution in [0.3, 0.4) is 0 Å². The van der Waals surface area contributed by atoms with E-state index in [0.717, 1.165) is 22.7 Å². The highest BCUT2D eigenvalue weighted by Gasteiger charge is 2.08. The minimum atomic E-state index is -0.209. The molecule has 5 nitrogen and oxygen atoms in total. The number of pyridine rings is 1. The van der Waals surface area contributed by atoms with E-state index >= 15 is 0 Å². The number of carbonyl (C=O) groups excluding carboxylic acids is 1. The lowest BCUT2D eigenvalue weighted by Gasteiger charge is -2.09. The highest BCUT2D eigenvalue weighted by atomic mass is 35.5. The van der Waals surface area contributed by atoms with E-state index in [4.69, 9.17) is 16.3 Å². The molecule has 27 heavy (non-hydrogen) atoms. The summed E-state index contributed by atoms with van der Waals surface area (Å²) in [6.45, 7) is 0.503. The maximum Gasteiger partial charge on any atom is 0.269 e. The number of benzene rings is 2. The van der Waals surface area contributed by atoms with E-state index in [1.54, 1.807) is 19.4 Å². The lowest BCUT2D eigenvalue weighted by atomic mass is 10.1. The minimum Gasteiger partial charge on any atom is -0.496 e. The summed E-state index contributed by atoms with van der Waals surface area (Å²) in [5.41, 5.74) is 3.06. The Balaban J connectivity index is 1.54. The second-order valence-corrected chi connectivity index (χ2v) is 6.32.